The Bertz CT molecular complexity index is 467. The molecule has 0 atom stereocenters. The zero-order chi connectivity index (χ0) is 20.8. The molecule has 0 amide bonds. The number of alkyl halides is 2. The van der Waals surface area contributed by atoms with Crippen LogP contribution in [-0.2, 0) is 0 Å². The maximum Gasteiger partial charge on any atom is 0.129 e. The molecular weight excluding hydrogens is 395 g/mol. The van der Waals surface area contributed by atoms with Gasteiger partial charge in [-0.15, -0.1) is 23.2 Å². The minimum Gasteiger partial charge on any atom is -0.100 e. The third kappa shape index (κ3) is 5.32. The van der Waals surface area contributed by atoms with Crippen LogP contribution >= 0.6 is 23.2 Å². The number of hydrogen-bond donors (Lipinski definition) is 0. The Labute approximate surface area is 192 Å². The second kappa shape index (κ2) is 10.9. The van der Waals surface area contributed by atoms with E-state index in [1.165, 1.54) is 128 Å². The van der Waals surface area contributed by atoms with Crippen LogP contribution in [0.5, 0.6) is 0 Å². The maximum atomic E-state index is 7.24. The molecule has 0 bridgehead atoms. The molecule has 0 aromatic heterocycles. The van der Waals surface area contributed by atoms with Gasteiger partial charge in [-0.3, -0.25) is 0 Å². The number of halogens is 2. The van der Waals surface area contributed by atoms with Crippen LogP contribution in [0.2, 0.25) is 0 Å². The summed E-state index contributed by atoms with van der Waals surface area (Å²) in [5.41, 5.74) is 0.506. The van der Waals surface area contributed by atoms with Crippen molar-refractivity contribution in [1.82, 2.24) is 0 Å². The van der Waals surface area contributed by atoms with Crippen LogP contribution in [0.15, 0.2) is 0 Å². The van der Waals surface area contributed by atoms with Crippen LogP contribution in [0.3, 0.4) is 0 Å². The molecule has 0 radical (unpaired) electrons. The van der Waals surface area contributed by atoms with Gasteiger partial charge in [0.2, 0.25) is 0 Å². The fourth-order valence-corrected chi connectivity index (χ4v) is 8.26. The highest BCUT2D eigenvalue weighted by Gasteiger charge is 2.72. The Kier molecular flexibility index (Phi) is 9.14. The molecule has 0 heterocycles. The van der Waals surface area contributed by atoms with E-state index in [-0.39, 0.29) is 10.8 Å². The van der Waals surface area contributed by atoms with E-state index in [1.54, 1.807) is 0 Å². The molecule has 2 heteroatoms. The summed E-state index contributed by atoms with van der Waals surface area (Å²) >= 11 is 14.5. The molecule has 0 aromatic carbocycles. The van der Waals surface area contributed by atoms with E-state index < -0.39 is 4.33 Å². The van der Waals surface area contributed by atoms with E-state index >= 15 is 0 Å². The summed E-state index contributed by atoms with van der Waals surface area (Å²) in [6.07, 6.45) is 27.6. The number of rotatable bonds is 11. The second-order valence-corrected chi connectivity index (χ2v) is 12.6. The average molecular weight is 444 g/mol. The van der Waals surface area contributed by atoms with Crippen LogP contribution < -0.4 is 0 Å². The van der Waals surface area contributed by atoms with E-state index in [2.05, 4.69) is 13.8 Å². The van der Waals surface area contributed by atoms with Gasteiger partial charge in [0, 0.05) is 10.8 Å². The molecule has 3 fully saturated rings. The highest BCUT2D eigenvalue weighted by Crippen LogP contribution is 2.76. The molecule has 3 rings (SSSR count). The fraction of sp³-hybridized carbons (Fsp3) is 1.00. The first-order chi connectivity index (χ1) is 14.0. The molecule has 0 nitrogen and oxygen atoms in total. The molecule has 0 saturated heterocycles. The monoisotopic (exact) mass is 442 g/mol. The topological polar surface area (TPSA) is 0 Å². The van der Waals surface area contributed by atoms with Gasteiger partial charge >= 0.3 is 0 Å². The van der Waals surface area contributed by atoms with Crippen molar-refractivity contribution in [2.75, 3.05) is 0 Å². The minimum absolute atomic E-state index is 0.253. The van der Waals surface area contributed by atoms with Crippen molar-refractivity contribution >= 4 is 23.2 Å². The summed E-state index contributed by atoms with van der Waals surface area (Å²) in [6, 6.07) is 0. The largest absolute Gasteiger partial charge is 0.129 e. The van der Waals surface area contributed by atoms with Crippen molar-refractivity contribution in [2.45, 2.75) is 147 Å². The van der Waals surface area contributed by atoms with Gasteiger partial charge in [-0.1, -0.05) is 84.5 Å². The lowest BCUT2D eigenvalue weighted by Gasteiger charge is -2.69. The Morgan fingerprint density at radius 2 is 0.966 bits per heavy atom. The SMILES string of the molecule is CCCCCCCC[C@H]1CC[C@]2(CC1)C[C@@]1(CCC(CCCCC)CC1)C2(Cl)Cl. The van der Waals surface area contributed by atoms with Gasteiger partial charge in [0.15, 0.2) is 0 Å². The normalized spacial score (nSPS) is 36.4. The molecule has 0 unspecified atom stereocenters. The van der Waals surface area contributed by atoms with Gasteiger partial charge in [-0.2, -0.15) is 0 Å². The summed E-state index contributed by atoms with van der Waals surface area (Å²) < 4.78 is -0.445. The first kappa shape index (κ1) is 24.2. The zero-order valence-corrected chi connectivity index (χ0v) is 21.1. The predicted octanol–water partition coefficient (Wildman–Crippen LogP) is 10.2. The maximum absolute atomic E-state index is 7.24. The molecule has 3 saturated carbocycles. The third-order valence-corrected chi connectivity index (χ3v) is 10.9. The Balaban J connectivity index is 1.39. The van der Waals surface area contributed by atoms with Gasteiger partial charge in [0.25, 0.3) is 0 Å². The Morgan fingerprint density at radius 3 is 1.41 bits per heavy atom. The van der Waals surface area contributed by atoms with E-state index in [0.29, 0.717) is 0 Å². The van der Waals surface area contributed by atoms with Crippen LogP contribution in [0.4, 0.5) is 0 Å². The summed E-state index contributed by atoms with van der Waals surface area (Å²) in [5, 5.41) is 0. The van der Waals surface area contributed by atoms with Crippen LogP contribution in [0.1, 0.15) is 142 Å². The van der Waals surface area contributed by atoms with E-state index in [9.17, 15) is 0 Å². The van der Waals surface area contributed by atoms with E-state index in [4.69, 9.17) is 23.2 Å². The van der Waals surface area contributed by atoms with Crippen molar-refractivity contribution in [3.05, 3.63) is 0 Å². The van der Waals surface area contributed by atoms with Gasteiger partial charge < -0.3 is 0 Å². The molecule has 29 heavy (non-hydrogen) atoms. The quantitative estimate of drug-likeness (QED) is 0.220. The summed E-state index contributed by atoms with van der Waals surface area (Å²) in [5.74, 6) is 1.89. The second-order valence-electron chi connectivity index (χ2n) is 11.3. The molecule has 3 aliphatic rings. The Morgan fingerprint density at radius 1 is 0.586 bits per heavy atom. The van der Waals surface area contributed by atoms with Gasteiger partial charge in [0.1, 0.15) is 4.33 Å². The lowest BCUT2D eigenvalue weighted by atomic mass is 9.43. The van der Waals surface area contributed by atoms with Crippen molar-refractivity contribution in [3.8, 4) is 0 Å². The van der Waals surface area contributed by atoms with E-state index in [0.717, 1.165) is 11.8 Å². The summed E-state index contributed by atoms with van der Waals surface area (Å²) in [6.45, 7) is 4.61. The summed E-state index contributed by atoms with van der Waals surface area (Å²) in [7, 11) is 0. The minimum atomic E-state index is -0.445. The average Bonchev–Trinajstić information content (AvgIpc) is 2.73. The van der Waals surface area contributed by atoms with Crippen LogP contribution in [0.25, 0.3) is 0 Å². The standard InChI is InChI=1S/C27H48Cl2/c1-3-5-7-8-9-11-13-24-16-20-26(21-17-24)22-25(27(26,28)29)18-14-23(15-19-25)12-10-6-4-2/h23-24H,3-22H2,1-2H3/t23?,24-,25-,26-. The molecule has 0 aliphatic heterocycles. The van der Waals surface area contributed by atoms with Crippen LogP contribution in [-0.4, -0.2) is 4.33 Å². The third-order valence-electron chi connectivity index (χ3n) is 9.32. The lowest BCUT2D eigenvalue weighted by molar-refractivity contribution is -0.115. The van der Waals surface area contributed by atoms with Crippen molar-refractivity contribution in [2.24, 2.45) is 22.7 Å². The van der Waals surface area contributed by atoms with Crippen molar-refractivity contribution < 1.29 is 0 Å². The molecule has 2 spiro atoms. The number of unbranched alkanes of at least 4 members (excludes halogenated alkanes) is 7. The van der Waals surface area contributed by atoms with E-state index in [1.807, 2.05) is 0 Å². The Hall–Kier alpha value is 0.580. The molecule has 0 aromatic rings. The lowest BCUT2D eigenvalue weighted by Crippen LogP contribution is -2.66. The smallest absolute Gasteiger partial charge is 0.100 e. The highest BCUT2D eigenvalue weighted by molar-refractivity contribution is 6.50. The first-order valence-electron chi connectivity index (χ1n) is 13.4. The van der Waals surface area contributed by atoms with Crippen molar-refractivity contribution in [1.29, 1.82) is 0 Å². The molecule has 3 aliphatic carbocycles. The molecule has 0 N–H and O–H groups in total. The van der Waals surface area contributed by atoms with Crippen molar-refractivity contribution in [3.63, 3.8) is 0 Å². The predicted molar refractivity (Wildman–Crippen MR) is 130 cm³/mol. The van der Waals surface area contributed by atoms with Gasteiger partial charge in [-0.05, 0) is 69.6 Å². The summed E-state index contributed by atoms with van der Waals surface area (Å²) in [4.78, 5) is 0. The van der Waals surface area contributed by atoms with Gasteiger partial charge in [-0.25, -0.2) is 0 Å². The fourth-order valence-electron chi connectivity index (χ4n) is 7.24. The van der Waals surface area contributed by atoms with Gasteiger partial charge in [0.05, 0.1) is 0 Å². The zero-order valence-electron chi connectivity index (χ0n) is 19.6. The highest BCUT2D eigenvalue weighted by atomic mass is 35.5. The molecular formula is C27H48Cl2. The molecule has 170 valence electrons. The van der Waals surface area contributed by atoms with Crippen LogP contribution in [0, 0.1) is 22.7 Å². The first-order valence-corrected chi connectivity index (χ1v) is 14.1. The number of hydrogen-bond acceptors (Lipinski definition) is 0.